The van der Waals surface area contributed by atoms with E-state index in [2.05, 4.69) is 0 Å². The third kappa shape index (κ3) is 2.54. The molecule has 3 nitrogen and oxygen atoms in total. The third-order valence-corrected chi connectivity index (χ3v) is 3.32. The Bertz CT molecular complexity index is 299. The molecule has 0 aliphatic carbocycles. The van der Waals surface area contributed by atoms with Gasteiger partial charge in [0.15, 0.2) is 5.60 Å². The normalized spacial score (nSPS) is 24.1. The van der Waals surface area contributed by atoms with Gasteiger partial charge in [0, 0.05) is 12.1 Å². The first-order valence-electron chi connectivity index (χ1n) is 6.47. The molecule has 1 aliphatic heterocycles. The number of carbonyl (C=O) groups excluding carboxylic acids is 1. The van der Waals surface area contributed by atoms with E-state index in [0.717, 1.165) is 0 Å². The van der Waals surface area contributed by atoms with Crippen LogP contribution in [0.1, 0.15) is 41.5 Å². The van der Waals surface area contributed by atoms with Crippen LogP contribution >= 0.6 is 0 Å². The highest BCUT2D eigenvalue weighted by Crippen LogP contribution is 2.31. The van der Waals surface area contributed by atoms with Gasteiger partial charge in [-0.15, -0.1) is 0 Å². The molecule has 0 saturated heterocycles. The summed E-state index contributed by atoms with van der Waals surface area (Å²) in [6, 6.07) is 0.381. The summed E-state index contributed by atoms with van der Waals surface area (Å²) < 4.78 is 5.74. The molecule has 0 saturated carbocycles. The van der Waals surface area contributed by atoms with Gasteiger partial charge in [0.2, 0.25) is 0 Å². The molecule has 0 spiro atoms. The molecule has 0 aromatic rings. The molecule has 17 heavy (non-hydrogen) atoms. The standard InChI is InChI=1S/C14H25NO2/c1-10(2)14(8-7-9-17-14)13(16)15(11(3)4)12(5)6/h7-8,10-12H,9H2,1-6H3. The Balaban J connectivity index is 3.03. The van der Waals surface area contributed by atoms with Crippen LogP contribution in [0.2, 0.25) is 0 Å². The average Bonchev–Trinajstić information content (AvgIpc) is 2.65. The third-order valence-electron chi connectivity index (χ3n) is 3.32. The highest BCUT2D eigenvalue weighted by atomic mass is 16.5. The van der Waals surface area contributed by atoms with E-state index in [-0.39, 0.29) is 23.9 Å². The molecule has 0 N–H and O–H groups in total. The van der Waals surface area contributed by atoms with E-state index in [0.29, 0.717) is 6.61 Å². The van der Waals surface area contributed by atoms with Crippen molar-refractivity contribution in [1.29, 1.82) is 0 Å². The fraction of sp³-hybridized carbons (Fsp3) is 0.786. The van der Waals surface area contributed by atoms with E-state index in [1.807, 2.05) is 58.6 Å². The van der Waals surface area contributed by atoms with Crippen molar-refractivity contribution >= 4 is 5.91 Å². The van der Waals surface area contributed by atoms with Gasteiger partial charge in [0.05, 0.1) is 6.61 Å². The van der Waals surface area contributed by atoms with Gasteiger partial charge in [0.25, 0.3) is 5.91 Å². The second-order valence-electron chi connectivity index (χ2n) is 5.56. The number of carbonyl (C=O) groups is 1. The summed E-state index contributed by atoms with van der Waals surface area (Å²) in [6.45, 7) is 12.8. The Morgan fingerprint density at radius 1 is 1.18 bits per heavy atom. The highest BCUT2D eigenvalue weighted by molar-refractivity contribution is 5.88. The van der Waals surface area contributed by atoms with Gasteiger partial charge in [-0.1, -0.05) is 19.9 Å². The molecule has 1 atom stereocenters. The molecule has 0 aromatic heterocycles. The van der Waals surface area contributed by atoms with E-state index < -0.39 is 5.60 Å². The van der Waals surface area contributed by atoms with Crippen LogP contribution in [0.15, 0.2) is 12.2 Å². The minimum atomic E-state index is -0.755. The Morgan fingerprint density at radius 2 is 1.71 bits per heavy atom. The number of amides is 1. The van der Waals surface area contributed by atoms with Crippen LogP contribution in [0.5, 0.6) is 0 Å². The maximum atomic E-state index is 12.7. The molecule has 3 heteroatoms. The van der Waals surface area contributed by atoms with Crippen molar-refractivity contribution in [2.75, 3.05) is 6.61 Å². The molecule has 0 fully saturated rings. The first-order valence-corrected chi connectivity index (χ1v) is 6.47. The van der Waals surface area contributed by atoms with Crippen molar-refractivity contribution in [2.45, 2.75) is 59.2 Å². The van der Waals surface area contributed by atoms with Crippen LogP contribution in [0.4, 0.5) is 0 Å². The fourth-order valence-corrected chi connectivity index (χ4v) is 2.46. The zero-order valence-corrected chi connectivity index (χ0v) is 11.9. The molecule has 0 aromatic carbocycles. The summed E-state index contributed by atoms with van der Waals surface area (Å²) in [5.41, 5.74) is -0.755. The highest BCUT2D eigenvalue weighted by Gasteiger charge is 2.46. The summed E-state index contributed by atoms with van der Waals surface area (Å²) in [5, 5.41) is 0. The van der Waals surface area contributed by atoms with E-state index >= 15 is 0 Å². The summed E-state index contributed by atoms with van der Waals surface area (Å²) in [5.74, 6) is 0.236. The quantitative estimate of drug-likeness (QED) is 0.706. The average molecular weight is 239 g/mol. The maximum Gasteiger partial charge on any atom is 0.259 e. The van der Waals surface area contributed by atoms with E-state index in [4.69, 9.17) is 4.74 Å². The summed E-state index contributed by atoms with van der Waals surface area (Å²) in [7, 11) is 0. The lowest BCUT2D eigenvalue weighted by Gasteiger charge is -2.39. The molecule has 1 amide bonds. The van der Waals surface area contributed by atoms with Gasteiger partial charge in [-0.05, 0) is 39.7 Å². The Labute approximate surface area is 105 Å². The van der Waals surface area contributed by atoms with Gasteiger partial charge in [0.1, 0.15) is 0 Å². The zero-order chi connectivity index (χ0) is 13.2. The monoisotopic (exact) mass is 239 g/mol. The van der Waals surface area contributed by atoms with Crippen LogP contribution in [-0.2, 0) is 9.53 Å². The topological polar surface area (TPSA) is 29.5 Å². The number of hydrogen-bond donors (Lipinski definition) is 0. The first kappa shape index (κ1) is 14.2. The SMILES string of the molecule is CC(C)N(C(=O)C1(C(C)C)C=CCO1)C(C)C. The molecule has 0 radical (unpaired) electrons. The number of hydrogen-bond acceptors (Lipinski definition) is 2. The van der Waals surface area contributed by atoms with Gasteiger partial charge in [-0.3, -0.25) is 4.79 Å². The summed E-state index contributed by atoms with van der Waals surface area (Å²) >= 11 is 0. The van der Waals surface area contributed by atoms with Crippen LogP contribution in [0, 0.1) is 5.92 Å². The van der Waals surface area contributed by atoms with Gasteiger partial charge in [-0.2, -0.15) is 0 Å². The Hall–Kier alpha value is -0.830. The second kappa shape index (κ2) is 5.21. The van der Waals surface area contributed by atoms with Crippen molar-refractivity contribution in [1.82, 2.24) is 4.90 Å². The molecule has 0 bridgehead atoms. The van der Waals surface area contributed by atoms with Crippen LogP contribution < -0.4 is 0 Å². The van der Waals surface area contributed by atoms with Crippen molar-refractivity contribution in [3.8, 4) is 0 Å². The molecule has 98 valence electrons. The first-order chi connectivity index (χ1) is 7.83. The van der Waals surface area contributed by atoms with Crippen LogP contribution in [-0.4, -0.2) is 35.1 Å². The van der Waals surface area contributed by atoms with Crippen molar-refractivity contribution in [2.24, 2.45) is 5.92 Å². The van der Waals surface area contributed by atoms with Gasteiger partial charge < -0.3 is 9.64 Å². The zero-order valence-electron chi connectivity index (χ0n) is 11.9. The van der Waals surface area contributed by atoms with E-state index in [1.54, 1.807) is 0 Å². The molecule has 1 heterocycles. The smallest absolute Gasteiger partial charge is 0.259 e. The lowest BCUT2D eigenvalue weighted by molar-refractivity contribution is -0.157. The summed E-state index contributed by atoms with van der Waals surface area (Å²) in [6.07, 6.45) is 3.87. The molecule has 1 aliphatic rings. The van der Waals surface area contributed by atoms with E-state index in [1.165, 1.54) is 0 Å². The predicted molar refractivity (Wildman–Crippen MR) is 69.8 cm³/mol. The molecule has 1 rings (SSSR count). The lowest BCUT2D eigenvalue weighted by Crippen LogP contribution is -2.55. The fourth-order valence-electron chi connectivity index (χ4n) is 2.46. The van der Waals surface area contributed by atoms with Crippen LogP contribution in [0.25, 0.3) is 0 Å². The van der Waals surface area contributed by atoms with Crippen LogP contribution in [0.3, 0.4) is 0 Å². The minimum Gasteiger partial charge on any atom is -0.357 e. The Morgan fingerprint density at radius 3 is 2.00 bits per heavy atom. The van der Waals surface area contributed by atoms with Crippen molar-refractivity contribution in [3.05, 3.63) is 12.2 Å². The van der Waals surface area contributed by atoms with Gasteiger partial charge in [-0.25, -0.2) is 0 Å². The maximum absolute atomic E-state index is 12.7. The van der Waals surface area contributed by atoms with Gasteiger partial charge >= 0.3 is 0 Å². The minimum absolute atomic E-state index is 0.0891. The molecule has 1 unspecified atom stereocenters. The largest absolute Gasteiger partial charge is 0.357 e. The summed E-state index contributed by atoms with van der Waals surface area (Å²) in [4.78, 5) is 14.7. The molecular weight excluding hydrogens is 214 g/mol. The Kier molecular flexibility index (Phi) is 4.36. The number of rotatable bonds is 4. The van der Waals surface area contributed by atoms with E-state index in [9.17, 15) is 4.79 Å². The second-order valence-corrected chi connectivity index (χ2v) is 5.56. The lowest BCUT2D eigenvalue weighted by atomic mass is 9.88. The molecular formula is C14H25NO2. The number of nitrogens with zero attached hydrogens (tertiary/aromatic N) is 1. The van der Waals surface area contributed by atoms with Crippen molar-refractivity contribution in [3.63, 3.8) is 0 Å². The predicted octanol–water partition coefficient (Wildman–Crippen LogP) is 2.61. The van der Waals surface area contributed by atoms with Crippen molar-refractivity contribution < 1.29 is 9.53 Å². The number of ether oxygens (including phenoxy) is 1.